The lowest BCUT2D eigenvalue weighted by Crippen LogP contribution is -2.42. The first kappa shape index (κ1) is 21.6. The van der Waals surface area contributed by atoms with Gasteiger partial charge in [0.1, 0.15) is 5.69 Å². The van der Waals surface area contributed by atoms with Crippen molar-refractivity contribution >= 4 is 23.2 Å². The molecule has 8 heteroatoms. The number of nitrogen functional groups attached to an aromatic ring is 1. The van der Waals surface area contributed by atoms with Crippen molar-refractivity contribution in [3.05, 3.63) is 23.8 Å². The number of hydrogen-bond donors (Lipinski definition) is 2. The number of nitrogens with one attached hydrogen (secondary N) is 1. The van der Waals surface area contributed by atoms with E-state index < -0.39 is 0 Å². The molecule has 1 unspecified atom stereocenters. The fraction of sp³-hybridized carbons (Fsp3) is 0.609. The minimum Gasteiger partial charge on any atom is -0.463 e. The van der Waals surface area contributed by atoms with Crippen molar-refractivity contribution in [3.8, 4) is 6.01 Å². The normalized spacial score (nSPS) is 21.3. The molecule has 1 atom stereocenters. The van der Waals surface area contributed by atoms with Gasteiger partial charge in [0.25, 0.3) is 0 Å². The van der Waals surface area contributed by atoms with Crippen molar-refractivity contribution in [1.29, 1.82) is 0 Å². The van der Waals surface area contributed by atoms with Crippen molar-refractivity contribution in [3.63, 3.8) is 0 Å². The first-order valence-corrected chi connectivity index (χ1v) is 11.4. The Morgan fingerprint density at radius 3 is 2.87 bits per heavy atom. The van der Waals surface area contributed by atoms with E-state index in [1.165, 1.54) is 31.5 Å². The van der Waals surface area contributed by atoms with Crippen LogP contribution in [0.1, 0.15) is 39.5 Å². The Morgan fingerprint density at radius 2 is 2.10 bits per heavy atom. The van der Waals surface area contributed by atoms with Crippen LogP contribution in [0.25, 0.3) is 0 Å². The van der Waals surface area contributed by atoms with Crippen LogP contribution in [0.15, 0.2) is 23.8 Å². The molecule has 2 aliphatic heterocycles. The topological polar surface area (TPSA) is 96.6 Å². The second kappa shape index (κ2) is 9.68. The average molecular weight is 427 g/mol. The van der Waals surface area contributed by atoms with Gasteiger partial charge in [-0.2, -0.15) is 9.97 Å². The van der Waals surface area contributed by atoms with E-state index in [0.29, 0.717) is 36.5 Å². The largest absolute Gasteiger partial charge is 0.463 e. The van der Waals surface area contributed by atoms with Crippen LogP contribution in [0.4, 0.5) is 17.3 Å². The molecule has 1 aromatic heterocycles. The molecule has 168 valence electrons. The number of amides is 1. The molecule has 1 fully saturated rings. The van der Waals surface area contributed by atoms with Crippen molar-refractivity contribution < 1.29 is 9.53 Å². The summed E-state index contributed by atoms with van der Waals surface area (Å²) in [4.78, 5) is 25.7. The van der Waals surface area contributed by atoms with Crippen LogP contribution in [0.2, 0.25) is 0 Å². The summed E-state index contributed by atoms with van der Waals surface area (Å²) in [5, 5.41) is 2.83. The Balaban J connectivity index is 1.48. The highest BCUT2D eigenvalue weighted by Crippen LogP contribution is 2.34. The molecule has 1 aliphatic carbocycles. The molecule has 1 saturated heterocycles. The number of anilines is 3. The fourth-order valence-corrected chi connectivity index (χ4v) is 4.36. The molecule has 31 heavy (non-hydrogen) atoms. The van der Waals surface area contributed by atoms with E-state index in [2.05, 4.69) is 52.3 Å². The molecule has 4 rings (SSSR count). The van der Waals surface area contributed by atoms with Crippen LogP contribution in [0, 0.1) is 11.8 Å². The summed E-state index contributed by atoms with van der Waals surface area (Å²) in [5.41, 5.74) is 7.99. The van der Waals surface area contributed by atoms with Gasteiger partial charge in [0.15, 0.2) is 11.6 Å². The van der Waals surface area contributed by atoms with Crippen LogP contribution >= 0.6 is 0 Å². The number of likely N-dealkylation sites (tertiary alicyclic amines) is 1. The number of hydrogen-bond acceptors (Lipinski definition) is 7. The van der Waals surface area contributed by atoms with Crippen LogP contribution in [-0.2, 0) is 4.79 Å². The maximum absolute atomic E-state index is 12.3. The summed E-state index contributed by atoms with van der Waals surface area (Å²) in [7, 11) is 0. The van der Waals surface area contributed by atoms with E-state index in [1.807, 2.05) is 4.90 Å². The van der Waals surface area contributed by atoms with Gasteiger partial charge in [-0.05, 0) is 56.2 Å². The minimum absolute atomic E-state index is 0.0936. The van der Waals surface area contributed by atoms with E-state index in [-0.39, 0.29) is 24.3 Å². The Labute approximate surface area is 184 Å². The Hall–Kier alpha value is -2.61. The SMILES string of the molecule is CC(C)CCOc1nc(N)c2c(n1)N(CC1C=C(CN3CCCC3)C=CC1)CC(=O)N2. The van der Waals surface area contributed by atoms with Gasteiger partial charge in [0.05, 0.1) is 13.2 Å². The lowest BCUT2D eigenvalue weighted by Gasteiger charge is -2.33. The van der Waals surface area contributed by atoms with Gasteiger partial charge >= 0.3 is 6.01 Å². The van der Waals surface area contributed by atoms with Crippen molar-refractivity contribution in [2.45, 2.75) is 39.5 Å². The highest BCUT2D eigenvalue weighted by atomic mass is 16.5. The molecular formula is C23H34N6O2. The number of nitrogens with zero attached hydrogens (tertiary/aromatic N) is 4. The van der Waals surface area contributed by atoms with Crippen LogP contribution in [-0.4, -0.2) is 60.1 Å². The highest BCUT2D eigenvalue weighted by Gasteiger charge is 2.29. The Kier molecular flexibility index (Phi) is 6.75. The van der Waals surface area contributed by atoms with Crippen LogP contribution < -0.4 is 20.7 Å². The lowest BCUT2D eigenvalue weighted by molar-refractivity contribution is -0.115. The maximum atomic E-state index is 12.3. The van der Waals surface area contributed by atoms with Gasteiger partial charge in [0, 0.05) is 13.1 Å². The van der Waals surface area contributed by atoms with E-state index in [9.17, 15) is 4.79 Å². The third kappa shape index (κ3) is 5.55. The van der Waals surface area contributed by atoms with Gasteiger partial charge in [-0.1, -0.05) is 32.1 Å². The van der Waals surface area contributed by atoms with Crippen molar-refractivity contribution in [1.82, 2.24) is 14.9 Å². The van der Waals surface area contributed by atoms with Crippen molar-refractivity contribution in [2.24, 2.45) is 11.8 Å². The maximum Gasteiger partial charge on any atom is 0.320 e. The fourth-order valence-electron chi connectivity index (χ4n) is 4.36. The molecule has 0 spiro atoms. The summed E-state index contributed by atoms with van der Waals surface area (Å²) in [5.74, 6) is 1.66. The molecule has 8 nitrogen and oxygen atoms in total. The molecule has 3 heterocycles. The second-order valence-electron chi connectivity index (χ2n) is 9.17. The molecule has 1 amide bonds. The van der Waals surface area contributed by atoms with Gasteiger partial charge in [0.2, 0.25) is 5.91 Å². The van der Waals surface area contributed by atoms with E-state index >= 15 is 0 Å². The molecule has 0 aromatic carbocycles. The minimum atomic E-state index is -0.0936. The third-order valence-electron chi connectivity index (χ3n) is 6.00. The quantitative estimate of drug-likeness (QED) is 0.660. The smallest absolute Gasteiger partial charge is 0.320 e. The molecule has 0 bridgehead atoms. The Bertz CT molecular complexity index is 860. The summed E-state index contributed by atoms with van der Waals surface area (Å²) < 4.78 is 5.75. The van der Waals surface area contributed by atoms with Gasteiger partial charge in [-0.25, -0.2) is 0 Å². The standard InChI is InChI=1S/C23H34N6O2/c1-16(2)8-11-31-23-26-21(24)20-22(27-23)29(15-19(30)25-20)14-18-7-5-6-17(12-18)13-28-9-3-4-10-28/h5-6,12,16,18H,3-4,7-11,13-15H2,1-2H3,(H,25,30)(H2,24,26,27). The summed E-state index contributed by atoms with van der Waals surface area (Å²) >= 11 is 0. The molecule has 0 radical (unpaired) electrons. The van der Waals surface area contributed by atoms with E-state index in [4.69, 9.17) is 10.5 Å². The molecule has 1 aromatic rings. The number of ether oxygens (including phenoxy) is 1. The second-order valence-corrected chi connectivity index (χ2v) is 9.17. The molecule has 3 aliphatic rings. The zero-order valence-electron chi connectivity index (χ0n) is 18.6. The number of aromatic nitrogens is 2. The number of carbonyl (C=O) groups is 1. The summed E-state index contributed by atoms with van der Waals surface area (Å²) in [6.07, 6.45) is 11.3. The predicted octanol–water partition coefficient (Wildman–Crippen LogP) is 2.84. The van der Waals surface area contributed by atoms with Gasteiger partial charge in [-0.15, -0.1) is 0 Å². The van der Waals surface area contributed by atoms with Crippen LogP contribution in [0.5, 0.6) is 6.01 Å². The number of allylic oxidation sites excluding steroid dienone is 1. The monoisotopic (exact) mass is 426 g/mol. The summed E-state index contributed by atoms with van der Waals surface area (Å²) in [6, 6.07) is 0.270. The Morgan fingerprint density at radius 1 is 1.29 bits per heavy atom. The highest BCUT2D eigenvalue weighted by molar-refractivity contribution is 6.03. The molecular weight excluding hydrogens is 392 g/mol. The van der Waals surface area contributed by atoms with Gasteiger partial charge < -0.3 is 20.7 Å². The zero-order chi connectivity index (χ0) is 21.8. The summed E-state index contributed by atoms with van der Waals surface area (Å²) in [6.45, 7) is 9.17. The van der Waals surface area contributed by atoms with Crippen LogP contribution in [0.3, 0.4) is 0 Å². The number of rotatable bonds is 8. The first-order valence-electron chi connectivity index (χ1n) is 11.4. The molecule has 3 N–H and O–H groups in total. The predicted molar refractivity (Wildman–Crippen MR) is 123 cm³/mol. The average Bonchev–Trinajstić information content (AvgIpc) is 3.22. The molecule has 0 saturated carbocycles. The number of nitrogens with two attached hydrogens (primary N) is 1. The van der Waals surface area contributed by atoms with Crippen molar-refractivity contribution in [2.75, 3.05) is 55.3 Å². The third-order valence-corrected chi connectivity index (χ3v) is 6.00. The number of carbonyl (C=O) groups excluding carboxylic acids is 1. The van der Waals surface area contributed by atoms with E-state index in [1.54, 1.807) is 0 Å². The van der Waals surface area contributed by atoms with E-state index in [0.717, 1.165) is 19.4 Å². The van der Waals surface area contributed by atoms with Gasteiger partial charge in [-0.3, -0.25) is 9.69 Å². The lowest BCUT2D eigenvalue weighted by atomic mass is 9.95. The first-order chi connectivity index (χ1) is 15.0. The number of fused-ring (bicyclic) bond motifs is 1. The zero-order valence-corrected chi connectivity index (χ0v) is 18.6.